The van der Waals surface area contributed by atoms with Crippen LogP contribution in [-0.2, 0) is 4.79 Å². The van der Waals surface area contributed by atoms with Crippen LogP contribution in [0, 0.1) is 13.8 Å². The first-order chi connectivity index (χ1) is 11.9. The molecule has 0 amide bonds. The van der Waals surface area contributed by atoms with Crippen LogP contribution in [0.2, 0.25) is 0 Å². The van der Waals surface area contributed by atoms with E-state index in [0.717, 1.165) is 12.1 Å². The van der Waals surface area contributed by atoms with Gasteiger partial charge < -0.3 is 0 Å². The van der Waals surface area contributed by atoms with Crippen molar-refractivity contribution in [2.75, 3.05) is 0 Å². The molecule has 2 aromatic carbocycles. The predicted molar refractivity (Wildman–Crippen MR) is 85.0 cm³/mol. The SMILES string of the molecule is Cc1ccccc1C(C(=O)C(c1ccccc1C)C(F)(F)F)C(F)(F)F. The summed E-state index contributed by atoms with van der Waals surface area (Å²) in [7, 11) is 0. The fourth-order valence-corrected chi connectivity index (χ4v) is 2.97. The number of carbonyl (C=O) groups is 1. The molecule has 0 N–H and O–H groups in total. The standard InChI is InChI=1S/C19H16F6O/c1-11-7-3-5-9-13(11)15(18(20,21)22)17(26)16(19(23,24)25)14-10-6-4-8-12(14)2/h3-10,15-16H,1-2H3. The summed E-state index contributed by atoms with van der Waals surface area (Å²) >= 11 is 0. The van der Waals surface area contributed by atoms with Gasteiger partial charge in [-0.2, -0.15) is 26.3 Å². The highest BCUT2D eigenvalue weighted by molar-refractivity contribution is 5.93. The summed E-state index contributed by atoms with van der Waals surface area (Å²) in [6.07, 6.45) is -10.3. The molecule has 0 saturated heterocycles. The van der Waals surface area contributed by atoms with Crippen LogP contribution >= 0.6 is 0 Å². The van der Waals surface area contributed by atoms with Crippen molar-refractivity contribution in [3.8, 4) is 0 Å². The molecular weight excluding hydrogens is 358 g/mol. The maximum Gasteiger partial charge on any atom is 0.402 e. The molecule has 0 heterocycles. The zero-order valence-corrected chi connectivity index (χ0v) is 13.9. The van der Waals surface area contributed by atoms with Crippen molar-refractivity contribution < 1.29 is 31.1 Å². The number of hydrogen-bond acceptors (Lipinski definition) is 1. The van der Waals surface area contributed by atoms with Gasteiger partial charge in [0.2, 0.25) is 0 Å². The Bertz CT molecular complexity index is 726. The molecule has 140 valence electrons. The van der Waals surface area contributed by atoms with E-state index in [1.54, 1.807) is 0 Å². The first-order valence-electron chi connectivity index (χ1n) is 7.72. The molecule has 2 atom stereocenters. The van der Waals surface area contributed by atoms with E-state index in [-0.39, 0.29) is 11.1 Å². The molecule has 1 nitrogen and oxygen atoms in total. The van der Waals surface area contributed by atoms with Gasteiger partial charge in [-0.1, -0.05) is 48.5 Å². The molecule has 2 unspecified atom stereocenters. The molecular formula is C19H16F6O. The Labute approximate surface area is 146 Å². The van der Waals surface area contributed by atoms with E-state index in [9.17, 15) is 31.1 Å². The molecule has 0 aliphatic rings. The quantitative estimate of drug-likeness (QED) is 0.612. The minimum absolute atomic E-state index is 0.105. The summed E-state index contributed by atoms with van der Waals surface area (Å²) in [5, 5.41) is 0. The average Bonchev–Trinajstić information content (AvgIpc) is 2.49. The second kappa shape index (κ2) is 7.13. The Balaban J connectivity index is 2.65. The number of Topliss-reactive ketones (excluding diaryl/α,β-unsaturated/α-hetero) is 1. The smallest absolute Gasteiger partial charge is 0.298 e. The Hall–Kier alpha value is -2.31. The second-order valence-electron chi connectivity index (χ2n) is 6.06. The molecule has 0 aromatic heterocycles. The van der Waals surface area contributed by atoms with Gasteiger partial charge in [-0.3, -0.25) is 4.79 Å². The lowest BCUT2D eigenvalue weighted by molar-refractivity contribution is -0.183. The van der Waals surface area contributed by atoms with Crippen molar-refractivity contribution in [1.82, 2.24) is 0 Å². The summed E-state index contributed by atoms with van der Waals surface area (Å²) in [5.74, 6) is -7.63. The highest BCUT2D eigenvalue weighted by Gasteiger charge is 2.55. The lowest BCUT2D eigenvalue weighted by Crippen LogP contribution is -2.38. The molecule has 2 aromatic rings. The minimum atomic E-state index is -5.14. The van der Waals surface area contributed by atoms with E-state index in [0.29, 0.717) is 0 Å². The lowest BCUT2D eigenvalue weighted by Gasteiger charge is -2.28. The maximum atomic E-state index is 13.6. The van der Waals surface area contributed by atoms with E-state index in [2.05, 4.69) is 0 Å². The molecule has 0 aliphatic carbocycles. The first-order valence-corrected chi connectivity index (χ1v) is 7.72. The second-order valence-corrected chi connectivity index (χ2v) is 6.06. The molecule has 0 radical (unpaired) electrons. The van der Waals surface area contributed by atoms with Gasteiger partial charge in [-0.15, -0.1) is 0 Å². The van der Waals surface area contributed by atoms with Crippen LogP contribution in [0.25, 0.3) is 0 Å². The van der Waals surface area contributed by atoms with Gasteiger partial charge in [-0.25, -0.2) is 0 Å². The maximum absolute atomic E-state index is 13.6. The van der Waals surface area contributed by atoms with Crippen molar-refractivity contribution in [2.45, 2.75) is 38.0 Å². The molecule has 0 bridgehead atoms. The van der Waals surface area contributed by atoms with E-state index in [1.165, 1.54) is 50.2 Å². The minimum Gasteiger partial charge on any atom is -0.298 e. The number of rotatable bonds is 4. The number of halogens is 6. The van der Waals surface area contributed by atoms with Crippen molar-refractivity contribution >= 4 is 5.78 Å². The van der Waals surface area contributed by atoms with Crippen LogP contribution < -0.4 is 0 Å². The molecule has 2 rings (SSSR count). The van der Waals surface area contributed by atoms with Gasteiger partial charge in [0.25, 0.3) is 0 Å². The van der Waals surface area contributed by atoms with Crippen molar-refractivity contribution in [3.63, 3.8) is 0 Å². The van der Waals surface area contributed by atoms with Crippen molar-refractivity contribution in [3.05, 3.63) is 70.8 Å². The van der Waals surface area contributed by atoms with Crippen molar-refractivity contribution in [2.24, 2.45) is 0 Å². The van der Waals surface area contributed by atoms with Crippen LogP contribution in [0.15, 0.2) is 48.5 Å². The zero-order valence-electron chi connectivity index (χ0n) is 13.9. The summed E-state index contributed by atoms with van der Waals surface area (Å²) in [6, 6.07) is 10.2. The largest absolute Gasteiger partial charge is 0.402 e. The van der Waals surface area contributed by atoms with Gasteiger partial charge in [0, 0.05) is 0 Å². The van der Waals surface area contributed by atoms with Crippen LogP contribution in [0.5, 0.6) is 0 Å². The highest BCUT2D eigenvalue weighted by Crippen LogP contribution is 2.45. The molecule has 0 saturated carbocycles. The van der Waals surface area contributed by atoms with Gasteiger partial charge in [0.15, 0.2) is 5.78 Å². The van der Waals surface area contributed by atoms with Crippen molar-refractivity contribution in [1.29, 1.82) is 0 Å². The molecule has 0 aliphatic heterocycles. The number of carbonyl (C=O) groups excluding carboxylic acids is 1. The van der Waals surface area contributed by atoms with Gasteiger partial charge in [0.1, 0.15) is 11.8 Å². The van der Waals surface area contributed by atoms with Gasteiger partial charge in [-0.05, 0) is 36.1 Å². The number of ketones is 1. The summed E-state index contributed by atoms with van der Waals surface area (Å²) < 4.78 is 81.7. The Morgan fingerprint density at radius 2 is 1.00 bits per heavy atom. The molecule has 7 heteroatoms. The molecule has 0 spiro atoms. The number of benzene rings is 2. The van der Waals surface area contributed by atoms with Crippen LogP contribution in [-0.4, -0.2) is 18.1 Å². The average molecular weight is 374 g/mol. The van der Waals surface area contributed by atoms with E-state index >= 15 is 0 Å². The Kier molecular flexibility index (Phi) is 5.49. The third kappa shape index (κ3) is 4.08. The fourth-order valence-electron chi connectivity index (χ4n) is 2.97. The molecule has 26 heavy (non-hydrogen) atoms. The Morgan fingerprint density at radius 3 is 1.27 bits per heavy atom. The van der Waals surface area contributed by atoms with Gasteiger partial charge >= 0.3 is 12.4 Å². The predicted octanol–water partition coefficient (Wildman–Crippen LogP) is 5.86. The third-order valence-corrected chi connectivity index (χ3v) is 4.22. The van der Waals surface area contributed by atoms with E-state index in [1.807, 2.05) is 0 Å². The van der Waals surface area contributed by atoms with Crippen LogP contribution in [0.3, 0.4) is 0 Å². The van der Waals surface area contributed by atoms with Gasteiger partial charge in [0.05, 0.1) is 0 Å². The number of hydrogen-bond donors (Lipinski definition) is 0. The lowest BCUT2D eigenvalue weighted by atomic mass is 9.80. The van der Waals surface area contributed by atoms with E-state index in [4.69, 9.17) is 0 Å². The normalized spacial score (nSPS) is 14.8. The van der Waals surface area contributed by atoms with Crippen LogP contribution in [0.4, 0.5) is 26.3 Å². The number of aryl methyl sites for hydroxylation is 2. The monoisotopic (exact) mass is 374 g/mol. The summed E-state index contributed by atoms with van der Waals surface area (Å²) in [5.41, 5.74) is -0.719. The number of alkyl halides is 6. The zero-order chi connectivity index (χ0) is 19.7. The Morgan fingerprint density at radius 1 is 0.692 bits per heavy atom. The van der Waals surface area contributed by atoms with E-state index < -0.39 is 41.1 Å². The van der Waals surface area contributed by atoms with Crippen LogP contribution in [0.1, 0.15) is 34.1 Å². The fraction of sp³-hybridized carbons (Fsp3) is 0.316. The summed E-state index contributed by atoms with van der Waals surface area (Å²) in [6.45, 7) is 2.66. The summed E-state index contributed by atoms with van der Waals surface area (Å²) in [4.78, 5) is 12.6. The molecule has 0 fully saturated rings. The third-order valence-electron chi connectivity index (χ3n) is 4.22. The highest BCUT2D eigenvalue weighted by atomic mass is 19.4. The first kappa shape index (κ1) is 20.0. The topological polar surface area (TPSA) is 17.1 Å².